The second kappa shape index (κ2) is 8.17. The van der Waals surface area contributed by atoms with E-state index in [1.165, 1.54) is 12.6 Å². The Bertz CT molecular complexity index is 821. The fourth-order valence-corrected chi connectivity index (χ4v) is 4.01. The van der Waals surface area contributed by atoms with Crippen molar-refractivity contribution in [3.8, 4) is 0 Å². The highest BCUT2D eigenvalue weighted by Gasteiger charge is 2.54. The summed E-state index contributed by atoms with van der Waals surface area (Å²) in [7, 11) is 0. The van der Waals surface area contributed by atoms with E-state index < -0.39 is 5.60 Å². The van der Waals surface area contributed by atoms with Crippen LogP contribution >= 0.6 is 0 Å². The molecular formula is C23H33N3O3. The van der Waals surface area contributed by atoms with Crippen molar-refractivity contribution in [2.45, 2.75) is 59.5 Å². The average molecular weight is 400 g/mol. The SMILES string of the molecule is C=CN=Cc1oc(C(C)=NCC2CC23CCN(C(=O)OC(C)(C)C)CC3)cc1C. The summed E-state index contributed by atoms with van der Waals surface area (Å²) in [4.78, 5) is 22.9. The molecule has 1 aromatic rings. The molecule has 0 bridgehead atoms. The second-order valence-corrected chi connectivity index (χ2v) is 9.28. The largest absolute Gasteiger partial charge is 0.454 e. The van der Waals surface area contributed by atoms with E-state index in [0.717, 1.165) is 55.3 Å². The van der Waals surface area contributed by atoms with Crippen molar-refractivity contribution in [1.82, 2.24) is 4.90 Å². The topological polar surface area (TPSA) is 67.4 Å². The van der Waals surface area contributed by atoms with Gasteiger partial charge in [0, 0.05) is 25.8 Å². The summed E-state index contributed by atoms with van der Waals surface area (Å²) < 4.78 is 11.4. The van der Waals surface area contributed by atoms with Crippen LogP contribution in [-0.2, 0) is 4.74 Å². The molecule has 1 aliphatic carbocycles. The third-order valence-electron chi connectivity index (χ3n) is 5.93. The lowest BCUT2D eigenvalue weighted by atomic mass is 9.91. The molecule has 2 aliphatic rings. The molecule has 0 N–H and O–H groups in total. The van der Waals surface area contributed by atoms with Crippen LogP contribution in [0.3, 0.4) is 0 Å². The Hall–Kier alpha value is -2.37. The number of nitrogens with zero attached hydrogens (tertiary/aromatic N) is 3. The van der Waals surface area contributed by atoms with Crippen LogP contribution in [0.2, 0.25) is 0 Å². The van der Waals surface area contributed by atoms with Gasteiger partial charge in [0.25, 0.3) is 0 Å². The summed E-state index contributed by atoms with van der Waals surface area (Å²) in [6.07, 6.45) is 6.24. The van der Waals surface area contributed by atoms with Gasteiger partial charge in [-0.25, -0.2) is 4.79 Å². The Kier molecular flexibility index (Phi) is 6.01. The van der Waals surface area contributed by atoms with E-state index in [1.807, 2.05) is 45.6 Å². The van der Waals surface area contributed by atoms with Crippen LogP contribution in [0.15, 0.2) is 33.2 Å². The normalized spacial score (nSPS) is 21.6. The molecule has 29 heavy (non-hydrogen) atoms. The molecule has 1 atom stereocenters. The maximum atomic E-state index is 12.3. The van der Waals surface area contributed by atoms with Gasteiger partial charge in [-0.15, -0.1) is 0 Å². The van der Waals surface area contributed by atoms with Gasteiger partial charge in [-0.2, -0.15) is 0 Å². The number of aliphatic imine (C=N–C) groups is 2. The zero-order valence-corrected chi connectivity index (χ0v) is 18.3. The number of rotatable bonds is 5. The second-order valence-electron chi connectivity index (χ2n) is 9.28. The minimum atomic E-state index is -0.442. The van der Waals surface area contributed by atoms with E-state index in [1.54, 1.807) is 6.21 Å². The number of aryl methyl sites for hydroxylation is 1. The van der Waals surface area contributed by atoms with Crippen LogP contribution in [0.4, 0.5) is 4.79 Å². The van der Waals surface area contributed by atoms with Crippen LogP contribution in [0.5, 0.6) is 0 Å². The smallest absolute Gasteiger partial charge is 0.410 e. The minimum absolute atomic E-state index is 0.192. The number of ether oxygens (including phenoxy) is 1. The van der Waals surface area contributed by atoms with E-state index in [-0.39, 0.29) is 6.09 Å². The molecule has 3 rings (SSSR count). The molecule has 0 aromatic carbocycles. The standard InChI is InChI=1S/C23H33N3O3/c1-7-24-15-20-16(2)12-19(28-20)17(3)25-14-18-13-23(18)8-10-26(11-9-23)21(27)29-22(4,5)6/h7,12,15,18H,1,8-11,13-14H2,2-6H3. The lowest BCUT2D eigenvalue weighted by Crippen LogP contribution is -2.42. The van der Waals surface area contributed by atoms with E-state index in [2.05, 4.69) is 11.6 Å². The third kappa shape index (κ3) is 5.17. The van der Waals surface area contributed by atoms with Crippen molar-refractivity contribution in [2.24, 2.45) is 21.3 Å². The van der Waals surface area contributed by atoms with Gasteiger partial charge in [0.2, 0.25) is 0 Å². The Labute approximate surface area is 173 Å². The number of hydrogen-bond acceptors (Lipinski definition) is 5. The molecule has 2 fully saturated rings. The molecule has 1 amide bonds. The summed E-state index contributed by atoms with van der Waals surface area (Å²) in [6, 6.07) is 2.01. The summed E-state index contributed by atoms with van der Waals surface area (Å²) in [5.41, 5.74) is 1.86. The number of carbonyl (C=O) groups excluding carboxylic acids is 1. The summed E-state index contributed by atoms with van der Waals surface area (Å²) >= 11 is 0. The number of piperidine rings is 1. The molecule has 6 heteroatoms. The first kappa shape index (κ1) is 21.3. The molecule has 0 radical (unpaired) electrons. The fraction of sp³-hybridized carbons (Fsp3) is 0.609. The molecular weight excluding hydrogens is 366 g/mol. The van der Waals surface area contributed by atoms with Crippen LogP contribution in [0.25, 0.3) is 0 Å². The maximum Gasteiger partial charge on any atom is 0.410 e. The van der Waals surface area contributed by atoms with Crippen LogP contribution in [0.1, 0.15) is 64.0 Å². The summed E-state index contributed by atoms with van der Waals surface area (Å²) in [5.74, 6) is 2.13. The zero-order valence-electron chi connectivity index (χ0n) is 18.3. The van der Waals surface area contributed by atoms with Crippen molar-refractivity contribution in [3.05, 3.63) is 35.9 Å². The molecule has 1 spiro atoms. The van der Waals surface area contributed by atoms with Gasteiger partial charge in [-0.1, -0.05) is 6.58 Å². The van der Waals surface area contributed by atoms with Crippen molar-refractivity contribution >= 4 is 18.0 Å². The number of carbonyl (C=O) groups is 1. The van der Waals surface area contributed by atoms with Gasteiger partial charge in [0.05, 0.1) is 11.9 Å². The number of hydrogen-bond donors (Lipinski definition) is 0. The van der Waals surface area contributed by atoms with Gasteiger partial charge in [-0.3, -0.25) is 9.98 Å². The average Bonchev–Trinajstić information content (AvgIpc) is 3.17. The zero-order chi connectivity index (χ0) is 21.2. The molecule has 1 aliphatic heterocycles. The first-order valence-electron chi connectivity index (χ1n) is 10.4. The number of furan rings is 1. The van der Waals surface area contributed by atoms with Crippen LogP contribution in [-0.4, -0.2) is 48.2 Å². The van der Waals surface area contributed by atoms with E-state index in [4.69, 9.17) is 14.1 Å². The molecule has 1 saturated carbocycles. The van der Waals surface area contributed by atoms with E-state index in [9.17, 15) is 4.79 Å². The Morgan fingerprint density at radius 2 is 2.10 bits per heavy atom. The van der Waals surface area contributed by atoms with Crippen molar-refractivity contribution in [1.29, 1.82) is 0 Å². The predicted octanol–water partition coefficient (Wildman–Crippen LogP) is 5.00. The quantitative estimate of drug-likeness (QED) is 0.655. The van der Waals surface area contributed by atoms with Gasteiger partial charge >= 0.3 is 6.09 Å². The summed E-state index contributed by atoms with van der Waals surface area (Å²) in [6.45, 7) is 15.7. The lowest BCUT2D eigenvalue weighted by molar-refractivity contribution is 0.0166. The lowest BCUT2D eigenvalue weighted by Gasteiger charge is -2.34. The number of likely N-dealkylation sites (tertiary alicyclic amines) is 1. The van der Waals surface area contributed by atoms with E-state index >= 15 is 0 Å². The van der Waals surface area contributed by atoms with Gasteiger partial charge in [0.1, 0.15) is 17.1 Å². The Morgan fingerprint density at radius 1 is 1.41 bits per heavy atom. The monoisotopic (exact) mass is 399 g/mol. The maximum absolute atomic E-state index is 12.3. The van der Waals surface area contributed by atoms with Crippen molar-refractivity contribution in [2.75, 3.05) is 19.6 Å². The van der Waals surface area contributed by atoms with Crippen molar-refractivity contribution in [3.63, 3.8) is 0 Å². The van der Waals surface area contributed by atoms with Crippen LogP contribution < -0.4 is 0 Å². The third-order valence-corrected chi connectivity index (χ3v) is 5.93. The predicted molar refractivity (Wildman–Crippen MR) is 116 cm³/mol. The highest BCUT2D eigenvalue weighted by molar-refractivity contribution is 5.97. The first-order valence-corrected chi connectivity index (χ1v) is 10.4. The Balaban J connectivity index is 1.52. The first-order chi connectivity index (χ1) is 13.6. The summed E-state index contributed by atoms with van der Waals surface area (Å²) in [5, 5.41) is 0. The minimum Gasteiger partial charge on any atom is -0.454 e. The van der Waals surface area contributed by atoms with Gasteiger partial charge in [-0.05, 0) is 76.8 Å². The molecule has 6 nitrogen and oxygen atoms in total. The number of amides is 1. The Morgan fingerprint density at radius 3 is 2.72 bits per heavy atom. The van der Waals surface area contributed by atoms with Crippen LogP contribution in [0, 0.1) is 18.3 Å². The fourth-order valence-electron chi connectivity index (χ4n) is 4.01. The van der Waals surface area contributed by atoms with Gasteiger partial charge < -0.3 is 14.1 Å². The molecule has 1 unspecified atom stereocenters. The van der Waals surface area contributed by atoms with Gasteiger partial charge in [0.15, 0.2) is 0 Å². The molecule has 158 valence electrons. The van der Waals surface area contributed by atoms with Crippen molar-refractivity contribution < 1.29 is 13.9 Å². The molecule has 1 saturated heterocycles. The molecule has 2 heterocycles. The van der Waals surface area contributed by atoms with E-state index in [0.29, 0.717) is 11.3 Å². The highest BCUT2D eigenvalue weighted by atomic mass is 16.6. The highest BCUT2D eigenvalue weighted by Crippen LogP contribution is 2.59. The molecule has 1 aromatic heterocycles.